The van der Waals surface area contributed by atoms with Gasteiger partial charge in [-0.2, -0.15) is 0 Å². The van der Waals surface area contributed by atoms with Crippen LogP contribution in [0.15, 0.2) is 12.4 Å². The van der Waals surface area contributed by atoms with Crippen molar-refractivity contribution in [3.05, 3.63) is 16.0 Å². The van der Waals surface area contributed by atoms with Crippen LogP contribution >= 0.6 is 22.6 Å². The van der Waals surface area contributed by atoms with Gasteiger partial charge in [0.15, 0.2) is 0 Å². The molecule has 2 aliphatic rings. The van der Waals surface area contributed by atoms with Gasteiger partial charge in [0.25, 0.3) is 0 Å². The second-order valence-corrected chi connectivity index (χ2v) is 5.79. The van der Waals surface area contributed by atoms with E-state index in [0.717, 1.165) is 35.7 Å². The van der Waals surface area contributed by atoms with Gasteiger partial charge in [0, 0.05) is 61.3 Å². The van der Waals surface area contributed by atoms with Crippen LogP contribution < -0.4 is 10.2 Å². The summed E-state index contributed by atoms with van der Waals surface area (Å²) in [6.45, 7) is 6.73. The molecule has 0 amide bonds. The zero-order valence-electron chi connectivity index (χ0n) is 9.64. The smallest absolute Gasteiger partial charge is 0.225 e. The van der Waals surface area contributed by atoms with E-state index in [1.165, 1.54) is 13.1 Å². The molecule has 6 heteroatoms. The van der Waals surface area contributed by atoms with Crippen LogP contribution in [-0.2, 0) is 0 Å². The van der Waals surface area contributed by atoms with E-state index in [-0.39, 0.29) is 0 Å². The number of nitrogens with one attached hydrogen (secondary N) is 1. The van der Waals surface area contributed by atoms with Gasteiger partial charge in [-0.1, -0.05) is 0 Å². The van der Waals surface area contributed by atoms with E-state index in [9.17, 15) is 0 Å². The Balaban J connectivity index is 1.55. The average Bonchev–Trinajstić information content (AvgIpc) is 2.31. The van der Waals surface area contributed by atoms with Gasteiger partial charge in [-0.05, 0) is 22.6 Å². The Hall–Kier alpha value is -0.470. The second kappa shape index (κ2) is 5.03. The second-order valence-electron chi connectivity index (χ2n) is 4.55. The van der Waals surface area contributed by atoms with Crippen molar-refractivity contribution in [1.82, 2.24) is 20.2 Å². The molecule has 2 aliphatic heterocycles. The number of rotatable bonds is 2. The van der Waals surface area contributed by atoms with Crippen LogP contribution in [0.5, 0.6) is 0 Å². The Morgan fingerprint density at radius 3 is 2.47 bits per heavy atom. The molecule has 3 heterocycles. The van der Waals surface area contributed by atoms with Crippen molar-refractivity contribution in [2.75, 3.05) is 44.2 Å². The first-order valence-corrected chi connectivity index (χ1v) is 7.08. The quantitative estimate of drug-likeness (QED) is 0.775. The van der Waals surface area contributed by atoms with Crippen molar-refractivity contribution in [3.8, 4) is 0 Å². The summed E-state index contributed by atoms with van der Waals surface area (Å²) in [6.07, 6.45) is 3.75. The van der Waals surface area contributed by atoms with Crippen LogP contribution in [0.2, 0.25) is 0 Å². The highest BCUT2D eigenvalue weighted by atomic mass is 127. The van der Waals surface area contributed by atoms with Crippen LogP contribution in [0, 0.1) is 3.57 Å². The van der Waals surface area contributed by atoms with Gasteiger partial charge in [-0.25, -0.2) is 9.97 Å². The van der Waals surface area contributed by atoms with E-state index in [4.69, 9.17) is 0 Å². The van der Waals surface area contributed by atoms with Crippen LogP contribution in [0.1, 0.15) is 0 Å². The molecule has 0 unspecified atom stereocenters. The largest absolute Gasteiger partial charge is 0.338 e. The van der Waals surface area contributed by atoms with Crippen molar-refractivity contribution >= 4 is 28.5 Å². The topological polar surface area (TPSA) is 44.3 Å². The van der Waals surface area contributed by atoms with Crippen LogP contribution in [0.25, 0.3) is 0 Å². The molecule has 0 aliphatic carbocycles. The fourth-order valence-corrected chi connectivity index (χ4v) is 2.64. The lowest BCUT2D eigenvalue weighted by molar-refractivity contribution is 0.146. The molecule has 0 bridgehead atoms. The minimum absolute atomic E-state index is 0.694. The standard InChI is InChI=1S/C11H16IN5/c12-9-5-14-11(15-6-9)17-7-10(8-17)16-3-1-13-2-4-16/h5-6,10,13H,1-4,7-8H2. The molecule has 1 N–H and O–H groups in total. The molecule has 0 atom stereocenters. The van der Waals surface area contributed by atoms with E-state index < -0.39 is 0 Å². The number of nitrogens with zero attached hydrogens (tertiary/aromatic N) is 4. The van der Waals surface area contributed by atoms with Gasteiger partial charge in [-0.15, -0.1) is 0 Å². The Morgan fingerprint density at radius 2 is 1.82 bits per heavy atom. The summed E-state index contributed by atoms with van der Waals surface area (Å²) in [4.78, 5) is 13.5. The Kier molecular flexibility index (Phi) is 3.44. The van der Waals surface area contributed by atoms with Crippen molar-refractivity contribution in [2.24, 2.45) is 0 Å². The van der Waals surface area contributed by atoms with Gasteiger partial charge in [0.1, 0.15) is 0 Å². The van der Waals surface area contributed by atoms with Crippen molar-refractivity contribution in [2.45, 2.75) is 6.04 Å². The van der Waals surface area contributed by atoms with E-state index in [1.807, 2.05) is 12.4 Å². The SMILES string of the molecule is Ic1cnc(N2CC(N3CCNCC3)C2)nc1. The molecule has 2 fully saturated rings. The predicted molar refractivity (Wildman–Crippen MR) is 75.2 cm³/mol. The van der Waals surface area contributed by atoms with Gasteiger partial charge in [-0.3, -0.25) is 4.90 Å². The normalized spacial score (nSPS) is 22.5. The average molecular weight is 345 g/mol. The van der Waals surface area contributed by atoms with Crippen molar-refractivity contribution < 1.29 is 0 Å². The molecule has 5 nitrogen and oxygen atoms in total. The summed E-state index contributed by atoms with van der Waals surface area (Å²) in [5.74, 6) is 0.872. The van der Waals surface area contributed by atoms with Crippen LogP contribution in [0.4, 0.5) is 5.95 Å². The van der Waals surface area contributed by atoms with Crippen LogP contribution in [0.3, 0.4) is 0 Å². The van der Waals surface area contributed by atoms with Gasteiger partial charge >= 0.3 is 0 Å². The number of aromatic nitrogens is 2. The maximum absolute atomic E-state index is 4.36. The third kappa shape index (κ3) is 2.53. The fourth-order valence-electron chi connectivity index (χ4n) is 2.37. The molecule has 0 aromatic carbocycles. The van der Waals surface area contributed by atoms with E-state index in [2.05, 4.69) is 47.7 Å². The van der Waals surface area contributed by atoms with Crippen molar-refractivity contribution in [1.29, 1.82) is 0 Å². The number of halogens is 1. The molecule has 0 spiro atoms. The van der Waals surface area contributed by atoms with Gasteiger partial charge < -0.3 is 10.2 Å². The molecule has 1 aromatic heterocycles. The maximum Gasteiger partial charge on any atom is 0.225 e. The molecule has 2 saturated heterocycles. The Morgan fingerprint density at radius 1 is 1.18 bits per heavy atom. The number of hydrogen-bond acceptors (Lipinski definition) is 5. The fraction of sp³-hybridized carbons (Fsp3) is 0.636. The summed E-state index contributed by atoms with van der Waals surface area (Å²) >= 11 is 2.23. The predicted octanol–water partition coefficient (Wildman–Crippen LogP) is 0.175. The molecule has 0 saturated carbocycles. The molecule has 0 radical (unpaired) electrons. The summed E-state index contributed by atoms with van der Waals surface area (Å²) < 4.78 is 1.09. The molecular formula is C11H16IN5. The lowest BCUT2D eigenvalue weighted by Gasteiger charge is -2.46. The van der Waals surface area contributed by atoms with Crippen molar-refractivity contribution in [3.63, 3.8) is 0 Å². The maximum atomic E-state index is 4.36. The van der Waals surface area contributed by atoms with E-state index in [0.29, 0.717) is 6.04 Å². The van der Waals surface area contributed by atoms with E-state index >= 15 is 0 Å². The van der Waals surface area contributed by atoms with Gasteiger partial charge in [0.2, 0.25) is 5.95 Å². The summed E-state index contributed by atoms with van der Waals surface area (Å²) in [5.41, 5.74) is 0. The summed E-state index contributed by atoms with van der Waals surface area (Å²) in [6, 6.07) is 0.694. The molecule has 1 aromatic rings. The zero-order valence-corrected chi connectivity index (χ0v) is 11.8. The number of piperazine rings is 1. The first-order chi connectivity index (χ1) is 8.33. The Bertz CT molecular complexity index is 370. The lowest BCUT2D eigenvalue weighted by Crippen LogP contribution is -2.63. The lowest BCUT2D eigenvalue weighted by atomic mass is 10.1. The minimum atomic E-state index is 0.694. The van der Waals surface area contributed by atoms with Crippen LogP contribution in [-0.4, -0.2) is 60.2 Å². The van der Waals surface area contributed by atoms with Gasteiger partial charge in [0.05, 0.1) is 0 Å². The highest BCUT2D eigenvalue weighted by Crippen LogP contribution is 2.20. The molecule has 17 heavy (non-hydrogen) atoms. The zero-order chi connectivity index (χ0) is 11.7. The highest BCUT2D eigenvalue weighted by molar-refractivity contribution is 14.1. The third-order valence-electron chi connectivity index (χ3n) is 3.42. The highest BCUT2D eigenvalue weighted by Gasteiger charge is 2.33. The molecule has 92 valence electrons. The molecule has 3 rings (SSSR count). The first-order valence-electron chi connectivity index (χ1n) is 6.00. The van der Waals surface area contributed by atoms with E-state index in [1.54, 1.807) is 0 Å². The number of hydrogen-bond donors (Lipinski definition) is 1. The Labute approximate surface area is 115 Å². The summed E-state index contributed by atoms with van der Waals surface area (Å²) in [7, 11) is 0. The first kappa shape index (κ1) is 11.6. The third-order valence-corrected chi connectivity index (χ3v) is 3.98. The number of anilines is 1. The monoisotopic (exact) mass is 345 g/mol. The molecular weight excluding hydrogens is 329 g/mol. The minimum Gasteiger partial charge on any atom is -0.338 e. The summed E-state index contributed by atoms with van der Waals surface area (Å²) in [5, 5.41) is 3.39.